The molecule has 1 nitrogen and oxygen atoms in total. The summed E-state index contributed by atoms with van der Waals surface area (Å²) in [7, 11) is 2.07. The standard InChI is InChI=1S/C14H21N/c1-11-4-6-13(7-5-11)10-14(8-9-14)12(2)15-3/h4-7,12,15H,8-10H2,1-3H3. The average Bonchev–Trinajstić information content (AvgIpc) is 3.01. The van der Waals surface area contributed by atoms with E-state index in [0.717, 1.165) is 0 Å². The van der Waals surface area contributed by atoms with Gasteiger partial charge in [0.15, 0.2) is 0 Å². The summed E-state index contributed by atoms with van der Waals surface area (Å²) in [5, 5.41) is 3.40. The second-order valence-electron chi connectivity index (χ2n) is 5.04. The van der Waals surface area contributed by atoms with Crippen molar-refractivity contribution in [3.05, 3.63) is 35.4 Å². The first-order valence-corrected chi connectivity index (χ1v) is 5.89. The Labute approximate surface area is 92.9 Å². The zero-order valence-electron chi connectivity index (χ0n) is 10.0. The number of aryl methyl sites for hydroxylation is 1. The van der Waals surface area contributed by atoms with Crippen LogP contribution in [0.4, 0.5) is 0 Å². The molecule has 0 spiro atoms. The van der Waals surface area contributed by atoms with Crippen LogP contribution in [0.5, 0.6) is 0 Å². The monoisotopic (exact) mass is 203 g/mol. The quantitative estimate of drug-likeness (QED) is 0.793. The lowest BCUT2D eigenvalue weighted by Gasteiger charge is -2.23. The van der Waals surface area contributed by atoms with E-state index < -0.39 is 0 Å². The molecule has 0 saturated heterocycles. The molecule has 1 aliphatic rings. The normalized spacial score (nSPS) is 19.9. The predicted octanol–water partition coefficient (Wildman–Crippen LogP) is 2.93. The second-order valence-corrected chi connectivity index (χ2v) is 5.04. The van der Waals surface area contributed by atoms with Crippen LogP contribution in [0.1, 0.15) is 30.9 Å². The van der Waals surface area contributed by atoms with Crippen molar-refractivity contribution in [3.8, 4) is 0 Å². The van der Waals surface area contributed by atoms with E-state index in [4.69, 9.17) is 0 Å². The van der Waals surface area contributed by atoms with Gasteiger partial charge in [-0.05, 0) is 51.1 Å². The maximum absolute atomic E-state index is 3.40. The summed E-state index contributed by atoms with van der Waals surface area (Å²) in [6, 6.07) is 9.62. The SMILES string of the molecule is CNC(C)C1(Cc2ccc(C)cc2)CC1. The van der Waals surface area contributed by atoms with Gasteiger partial charge in [-0.1, -0.05) is 29.8 Å². The van der Waals surface area contributed by atoms with E-state index in [0.29, 0.717) is 11.5 Å². The fraction of sp³-hybridized carbons (Fsp3) is 0.571. The Kier molecular flexibility index (Phi) is 2.83. The molecule has 15 heavy (non-hydrogen) atoms. The maximum atomic E-state index is 3.40. The first-order valence-electron chi connectivity index (χ1n) is 5.89. The van der Waals surface area contributed by atoms with E-state index >= 15 is 0 Å². The van der Waals surface area contributed by atoms with Gasteiger partial charge in [-0.15, -0.1) is 0 Å². The van der Waals surface area contributed by atoms with Gasteiger partial charge in [-0.25, -0.2) is 0 Å². The maximum Gasteiger partial charge on any atom is 0.00953 e. The van der Waals surface area contributed by atoms with Crippen LogP contribution >= 0.6 is 0 Å². The van der Waals surface area contributed by atoms with E-state index in [1.54, 1.807) is 0 Å². The van der Waals surface area contributed by atoms with Gasteiger partial charge in [0.25, 0.3) is 0 Å². The molecule has 1 fully saturated rings. The highest BCUT2D eigenvalue weighted by Crippen LogP contribution is 2.51. The number of hydrogen-bond acceptors (Lipinski definition) is 1. The molecule has 1 N–H and O–H groups in total. The van der Waals surface area contributed by atoms with Crippen molar-refractivity contribution in [2.24, 2.45) is 5.41 Å². The van der Waals surface area contributed by atoms with Crippen molar-refractivity contribution in [1.29, 1.82) is 0 Å². The summed E-state index contributed by atoms with van der Waals surface area (Å²) in [4.78, 5) is 0. The minimum absolute atomic E-state index is 0.546. The van der Waals surface area contributed by atoms with Crippen LogP contribution < -0.4 is 5.32 Å². The lowest BCUT2D eigenvalue weighted by Crippen LogP contribution is -2.33. The zero-order valence-corrected chi connectivity index (χ0v) is 10.0. The molecule has 0 bridgehead atoms. The summed E-state index contributed by atoms with van der Waals surface area (Å²) < 4.78 is 0. The van der Waals surface area contributed by atoms with E-state index in [9.17, 15) is 0 Å². The van der Waals surface area contributed by atoms with Crippen LogP contribution in [0.3, 0.4) is 0 Å². The fourth-order valence-corrected chi connectivity index (χ4v) is 2.34. The highest BCUT2D eigenvalue weighted by atomic mass is 14.9. The smallest absolute Gasteiger partial charge is 0.00953 e. The molecule has 0 aliphatic heterocycles. The molecule has 0 amide bonds. The lowest BCUT2D eigenvalue weighted by atomic mass is 9.89. The minimum Gasteiger partial charge on any atom is -0.317 e. The molecule has 1 aromatic rings. The number of hydrogen-bond donors (Lipinski definition) is 1. The van der Waals surface area contributed by atoms with Gasteiger partial charge < -0.3 is 5.32 Å². The van der Waals surface area contributed by atoms with Gasteiger partial charge in [-0.2, -0.15) is 0 Å². The molecule has 2 rings (SSSR count). The topological polar surface area (TPSA) is 12.0 Å². The minimum atomic E-state index is 0.546. The zero-order chi connectivity index (χ0) is 10.9. The highest BCUT2D eigenvalue weighted by molar-refractivity contribution is 5.24. The van der Waals surface area contributed by atoms with Gasteiger partial charge in [-0.3, -0.25) is 0 Å². The van der Waals surface area contributed by atoms with Crippen LogP contribution in [-0.4, -0.2) is 13.1 Å². The van der Waals surface area contributed by atoms with Gasteiger partial charge in [0.2, 0.25) is 0 Å². The van der Waals surface area contributed by atoms with Gasteiger partial charge in [0, 0.05) is 6.04 Å². The average molecular weight is 203 g/mol. The van der Waals surface area contributed by atoms with Crippen molar-refractivity contribution in [2.75, 3.05) is 7.05 Å². The largest absolute Gasteiger partial charge is 0.317 e. The first-order chi connectivity index (χ1) is 7.16. The van der Waals surface area contributed by atoms with Crippen molar-refractivity contribution >= 4 is 0 Å². The lowest BCUT2D eigenvalue weighted by molar-refractivity contribution is 0.369. The third-order valence-electron chi connectivity index (χ3n) is 3.92. The molecular weight excluding hydrogens is 182 g/mol. The molecule has 0 aromatic heterocycles. The molecule has 0 radical (unpaired) electrons. The Morgan fingerprint density at radius 2 is 1.87 bits per heavy atom. The Morgan fingerprint density at radius 3 is 2.33 bits per heavy atom. The van der Waals surface area contributed by atoms with E-state index in [1.807, 2.05) is 0 Å². The third kappa shape index (κ3) is 2.23. The summed E-state index contributed by atoms with van der Waals surface area (Å²) in [6.45, 7) is 4.45. The molecule has 1 atom stereocenters. The number of rotatable bonds is 4. The Balaban J connectivity index is 2.05. The van der Waals surface area contributed by atoms with E-state index in [-0.39, 0.29) is 0 Å². The van der Waals surface area contributed by atoms with Crippen LogP contribution in [0, 0.1) is 12.3 Å². The van der Waals surface area contributed by atoms with Crippen molar-refractivity contribution < 1.29 is 0 Å². The van der Waals surface area contributed by atoms with Crippen LogP contribution in [0.15, 0.2) is 24.3 Å². The van der Waals surface area contributed by atoms with Crippen LogP contribution in [-0.2, 0) is 6.42 Å². The molecule has 0 heterocycles. The molecule has 82 valence electrons. The van der Waals surface area contributed by atoms with Gasteiger partial charge in [0.05, 0.1) is 0 Å². The van der Waals surface area contributed by atoms with Crippen LogP contribution in [0.25, 0.3) is 0 Å². The van der Waals surface area contributed by atoms with Crippen molar-refractivity contribution in [1.82, 2.24) is 5.32 Å². The summed E-state index contributed by atoms with van der Waals surface area (Å²) in [5.74, 6) is 0. The number of benzene rings is 1. The molecule has 1 aromatic carbocycles. The van der Waals surface area contributed by atoms with Crippen LogP contribution in [0.2, 0.25) is 0 Å². The number of nitrogens with one attached hydrogen (secondary N) is 1. The van der Waals surface area contributed by atoms with E-state index in [1.165, 1.54) is 30.4 Å². The molecule has 1 saturated carbocycles. The Morgan fingerprint density at radius 1 is 1.27 bits per heavy atom. The molecule has 1 aliphatic carbocycles. The highest BCUT2D eigenvalue weighted by Gasteiger charge is 2.46. The molecule has 1 heteroatoms. The van der Waals surface area contributed by atoms with Gasteiger partial charge in [0.1, 0.15) is 0 Å². The summed E-state index contributed by atoms with van der Waals surface area (Å²) in [6.07, 6.45) is 3.99. The van der Waals surface area contributed by atoms with Crippen molar-refractivity contribution in [2.45, 2.75) is 39.2 Å². The molecule has 1 unspecified atom stereocenters. The Hall–Kier alpha value is -0.820. The second kappa shape index (κ2) is 3.97. The summed E-state index contributed by atoms with van der Waals surface area (Å²) >= 11 is 0. The summed E-state index contributed by atoms with van der Waals surface area (Å²) in [5.41, 5.74) is 3.38. The Bertz CT molecular complexity index is 322. The van der Waals surface area contributed by atoms with Crippen molar-refractivity contribution in [3.63, 3.8) is 0 Å². The first kappa shape index (κ1) is 10.7. The van der Waals surface area contributed by atoms with E-state index in [2.05, 4.69) is 50.5 Å². The predicted molar refractivity (Wildman–Crippen MR) is 65.1 cm³/mol. The fourth-order valence-electron chi connectivity index (χ4n) is 2.34. The molecular formula is C14H21N. The third-order valence-corrected chi connectivity index (χ3v) is 3.92. The van der Waals surface area contributed by atoms with Gasteiger partial charge >= 0.3 is 0 Å².